The van der Waals surface area contributed by atoms with Crippen LogP contribution in [0.4, 0.5) is 11.4 Å². The number of nitrogens with two attached hydrogens (primary N) is 1. The highest BCUT2D eigenvalue weighted by atomic mass is 32.2. The third-order valence-corrected chi connectivity index (χ3v) is 4.26. The van der Waals surface area contributed by atoms with Gasteiger partial charge in [-0.2, -0.15) is 0 Å². The lowest BCUT2D eigenvalue weighted by molar-refractivity contribution is 0.601. The van der Waals surface area contributed by atoms with Crippen molar-refractivity contribution in [2.24, 2.45) is 5.84 Å². The predicted molar refractivity (Wildman–Crippen MR) is 78.8 cm³/mol. The first-order chi connectivity index (χ1) is 9.44. The van der Waals surface area contributed by atoms with E-state index in [1.54, 1.807) is 6.07 Å². The molecule has 106 valence electrons. The van der Waals surface area contributed by atoms with Gasteiger partial charge in [0.2, 0.25) is 0 Å². The molecule has 2 rings (SSSR count). The zero-order valence-corrected chi connectivity index (χ0v) is 12.0. The molecule has 0 unspecified atom stereocenters. The Morgan fingerprint density at radius 3 is 2.60 bits per heavy atom. The van der Waals surface area contributed by atoms with Crippen molar-refractivity contribution in [3.63, 3.8) is 0 Å². The highest BCUT2D eigenvalue weighted by Gasteiger charge is 2.19. The molecule has 7 heteroatoms. The standard InChI is InChI=1S/C13H16N4O2S/c1-9-3-4-10(2)12(7-9)17-20(18,19)13-8-15-6-5-11(13)16-14/h3-8,17H,14H2,1-2H3,(H,15,16). The van der Waals surface area contributed by atoms with Crippen LogP contribution in [0, 0.1) is 13.8 Å². The summed E-state index contributed by atoms with van der Waals surface area (Å²) < 4.78 is 27.4. The Morgan fingerprint density at radius 2 is 1.90 bits per heavy atom. The second-order valence-corrected chi connectivity index (χ2v) is 6.09. The number of aromatic nitrogens is 1. The zero-order valence-electron chi connectivity index (χ0n) is 11.2. The monoisotopic (exact) mass is 292 g/mol. The van der Waals surface area contributed by atoms with Gasteiger partial charge in [0.05, 0.1) is 11.4 Å². The molecule has 0 saturated carbocycles. The highest BCUT2D eigenvalue weighted by Crippen LogP contribution is 2.24. The quantitative estimate of drug-likeness (QED) is 0.589. The van der Waals surface area contributed by atoms with Gasteiger partial charge in [-0.25, -0.2) is 8.42 Å². The number of sulfonamides is 1. The first-order valence-electron chi connectivity index (χ1n) is 5.95. The first-order valence-corrected chi connectivity index (χ1v) is 7.43. The number of hydrazine groups is 1. The van der Waals surface area contributed by atoms with E-state index in [0.717, 1.165) is 11.1 Å². The Kier molecular flexibility index (Phi) is 3.91. The molecule has 6 nitrogen and oxygen atoms in total. The molecular weight excluding hydrogens is 276 g/mol. The van der Waals surface area contributed by atoms with Crippen molar-refractivity contribution in [3.05, 3.63) is 47.8 Å². The molecule has 1 aromatic heterocycles. The summed E-state index contributed by atoms with van der Waals surface area (Å²) >= 11 is 0. The Bertz CT molecular complexity index is 729. The highest BCUT2D eigenvalue weighted by molar-refractivity contribution is 7.92. The third-order valence-electron chi connectivity index (χ3n) is 2.87. The molecule has 1 aromatic carbocycles. The molecule has 0 saturated heterocycles. The maximum Gasteiger partial charge on any atom is 0.265 e. The number of anilines is 2. The van der Waals surface area contributed by atoms with E-state index in [1.165, 1.54) is 18.5 Å². The zero-order chi connectivity index (χ0) is 14.8. The molecule has 20 heavy (non-hydrogen) atoms. The lowest BCUT2D eigenvalue weighted by Gasteiger charge is -2.13. The van der Waals surface area contributed by atoms with Crippen molar-refractivity contribution in [2.45, 2.75) is 18.7 Å². The van der Waals surface area contributed by atoms with Gasteiger partial charge in [-0.1, -0.05) is 12.1 Å². The van der Waals surface area contributed by atoms with E-state index in [2.05, 4.69) is 15.1 Å². The van der Waals surface area contributed by atoms with Crippen LogP contribution in [0.2, 0.25) is 0 Å². The molecule has 0 aliphatic heterocycles. The van der Waals surface area contributed by atoms with Gasteiger partial charge in [0.1, 0.15) is 4.90 Å². The second kappa shape index (κ2) is 5.48. The van der Waals surface area contributed by atoms with Gasteiger partial charge in [-0.05, 0) is 37.1 Å². The molecule has 0 atom stereocenters. The molecular formula is C13H16N4O2S. The summed E-state index contributed by atoms with van der Waals surface area (Å²) in [7, 11) is -3.75. The average molecular weight is 292 g/mol. The minimum Gasteiger partial charge on any atom is -0.323 e. The minimum atomic E-state index is -3.75. The Balaban J connectivity index is 2.43. The summed E-state index contributed by atoms with van der Waals surface area (Å²) in [5.74, 6) is 5.32. The van der Waals surface area contributed by atoms with Gasteiger partial charge in [0.15, 0.2) is 0 Å². The van der Waals surface area contributed by atoms with Gasteiger partial charge >= 0.3 is 0 Å². The molecule has 0 bridgehead atoms. The van der Waals surface area contributed by atoms with E-state index in [9.17, 15) is 8.42 Å². The molecule has 1 heterocycles. The van der Waals surface area contributed by atoms with Gasteiger partial charge in [-0.3, -0.25) is 15.5 Å². The first kappa shape index (κ1) is 14.3. The fraction of sp³-hybridized carbons (Fsp3) is 0.154. The van der Waals surface area contributed by atoms with Crippen LogP contribution >= 0.6 is 0 Å². The summed E-state index contributed by atoms with van der Waals surface area (Å²) in [5, 5.41) is 0. The smallest absolute Gasteiger partial charge is 0.265 e. The van der Waals surface area contributed by atoms with Gasteiger partial charge in [0, 0.05) is 12.4 Å². The summed E-state index contributed by atoms with van der Waals surface area (Å²) in [6.07, 6.45) is 2.72. The number of hydrogen-bond acceptors (Lipinski definition) is 5. The number of rotatable bonds is 4. The van der Waals surface area contributed by atoms with E-state index in [-0.39, 0.29) is 10.6 Å². The lowest BCUT2D eigenvalue weighted by Crippen LogP contribution is -2.18. The van der Waals surface area contributed by atoms with Crippen molar-refractivity contribution >= 4 is 21.4 Å². The van der Waals surface area contributed by atoms with E-state index >= 15 is 0 Å². The molecule has 2 aromatic rings. The average Bonchev–Trinajstić information content (AvgIpc) is 2.42. The molecule has 0 aliphatic carbocycles. The van der Waals surface area contributed by atoms with Crippen LogP contribution in [-0.4, -0.2) is 13.4 Å². The topological polar surface area (TPSA) is 97.1 Å². The van der Waals surface area contributed by atoms with Crippen LogP contribution in [0.25, 0.3) is 0 Å². The molecule has 4 N–H and O–H groups in total. The minimum absolute atomic E-state index is 0.00315. The van der Waals surface area contributed by atoms with E-state index in [1.807, 2.05) is 26.0 Å². The summed E-state index contributed by atoms with van der Waals surface area (Å²) in [4.78, 5) is 3.83. The van der Waals surface area contributed by atoms with Crippen LogP contribution in [0.3, 0.4) is 0 Å². The summed E-state index contributed by atoms with van der Waals surface area (Å²) in [6.45, 7) is 3.73. The number of benzene rings is 1. The normalized spacial score (nSPS) is 11.2. The number of hydrogen-bond donors (Lipinski definition) is 3. The van der Waals surface area contributed by atoms with E-state index in [0.29, 0.717) is 5.69 Å². The van der Waals surface area contributed by atoms with Crippen molar-refractivity contribution in [3.8, 4) is 0 Å². The van der Waals surface area contributed by atoms with Crippen LogP contribution in [0.1, 0.15) is 11.1 Å². The Labute approximate surface area is 118 Å². The Morgan fingerprint density at radius 1 is 1.15 bits per heavy atom. The maximum atomic E-state index is 12.4. The summed E-state index contributed by atoms with van der Waals surface area (Å²) in [6, 6.07) is 7.05. The van der Waals surface area contributed by atoms with E-state index < -0.39 is 10.0 Å². The molecule has 0 aliphatic rings. The third kappa shape index (κ3) is 2.89. The van der Waals surface area contributed by atoms with Gasteiger partial charge < -0.3 is 5.43 Å². The van der Waals surface area contributed by atoms with Crippen molar-refractivity contribution in [1.82, 2.24) is 4.98 Å². The molecule has 0 spiro atoms. The fourth-order valence-electron chi connectivity index (χ4n) is 1.76. The van der Waals surface area contributed by atoms with Crippen molar-refractivity contribution in [2.75, 3.05) is 10.1 Å². The fourth-order valence-corrected chi connectivity index (χ4v) is 2.99. The van der Waals surface area contributed by atoms with Crippen molar-refractivity contribution in [1.29, 1.82) is 0 Å². The number of aryl methyl sites for hydroxylation is 2. The number of pyridine rings is 1. The second-order valence-electron chi connectivity index (χ2n) is 4.44. The number of nitrogen functional groups attached to an aromatic ring is 1. The number of nitrogens with zero attached hydrogens (tertiary/aromatic N) is 1. The summed E-state index contributed by atoms with van der Waals surface area (Å²) in [5.41, 5.74) is 4.99. The largest absolute Gasteiger partial charge is 0.323 e. The number of nitrogens with one attached hydrogen (secondary N) is 2. The van der Waals surface area contributed by atoms with Crippen LogP contribution in [0.5, 0.6) is 0 Å². The molecule has 0 amide bonds. The predicted octanol–water partition coefficient (Wildman–Crippen LogP) is 1.78. The van der Waals surface area contributed by atoms with Crippen LogP contribution in [0.15, 0.2) is 41.6 Å². The van der Waals surface area contributed by atoms with E-state index in [4.69, 9.17) is 5.84 Å². The SMILES string of the molecule is Cc1ccc(C)c(NS(=O)(=O)c2cnccc2NN)c1. The maximum absolute atomic E-state index is 12.4. The van der Waals surface area contributed by atoms with Crippen LogP contribution < -0.4 is 16.0 Å². The Hall–Kier alpha value is -2.12. The molecule has 0 radical (unpaired) electrons. The van der Waals surface area contributed by atoms with Crippen molar-refractivity contribution < 1.29 is 8.42 Å². The van der Waals surface area contributed by atoms with Gasteiger partial charge in [0.25, 0.3) is 10.0 Å². The lowest BCUT2D eigenvalue weighted by atomic mass is 10.1. The van der Waals surface area contributed by atoms with Gasteiger partial charge in [-0.15, -0.1) is 0 Å². The van der Waals surface area contributed by atoms with Crippen LogP contribution in [-0.2, 0) is 10.0 Å². The molecule has 0 fully saturated rings.